The lowest BCUT2D eigenvalue weighted by Gasteiger charge is -2.21. The van der Waals surface area contributed by atoms with Crippen molar-refractivity contribution in [2.45, 2.75) is 39.3 Å². The van der Waals surface area contributed by atoms with E-state index in [9.17, 15) is 13.2 Å². The summed E-state index contributed by atoms with van der Waals surface area (Å²) in [4.78, 5) is 18.0. The number of carbonyl (C=O) groups excluding carboxylic acids is 1. The minimum atomic E-state index is -3.28. The van der Waals surface area contributed by atoms with Crippen LogP contribution in [-0.2, 0) is 21.4 Å². The molecule has 2 heterocycles. The van der Waals surface area contributed by atoms with Gasteiger partial charge < -0.3 is 4.90 Å². The van der Waals surface area contributed by atoms with Crippen molar-refractivity contribution in [3.05, 3.63) is 12.7 Å². The van der Waals surface area contributed by atoms with Crippen LogP contribution in [0.15, 0.2) is 12.7 Å². The molecule has 23 heavy (non-hydrogen) atoms. The van der Waals surface area contributed by atoms with Gasteiger partial charge in [-0.15, -0.1) is 0 Å². The molecule has 1 N–H and O–H groups in total. The number of likely N-dealkylation sites (tertiary alicyclic amines) is 1. The number of amides is 1. The van der Waals surface area contributed by atoms with Gasteiger partial charge in [0.1, 0.15) is 12.7 Å². The van der Waals surface area contributed by atoms with Gasteiger partial charge in [-0.05, 0) is 18.3 Å². The number of nitrogens with one attached hydrogen (secondary N) is 1. The first-order valence-corrected chi connectivity index (χ1v) is 9.73. The maximum Gasteiger partial charge on any atom is 0.222 e. The molecule has 1 aliphatic heterocycles. The second-order valence-electron chi connectivity index (χ2n) is 6.47. The van der Waals surface area contributed by atoms with Crippen LogP contribution in [0, 0.1) is 11.8 Å². The van der Waals surface area contributed by atoms with E-state index in [4.69, 9.17) is 0 Å². The molecule has 1 amide bonds. The molecular formula is C14H25N5O3S. The Morgan fingerprint density at radius 3 is 2.70 bits per heavy atom. The molecule has 1 saturated heterocycles. The highest BCUT2D eigenvalue weighted by Crippen LogP contribution is 2.25. The van der Waals surface area contributed by atoms with Crippen molar-refractivity contribution in [3.63, 3.8) is 0 Å². The number of rotatable bonds is 7. The summed E-state index contributed by atoms with van der Waals surface area (Å²) in [6.07, 6.45) is 5.37. The Bertz CT molecular complexity index is 614. The van der Waals surface area contributed by atoms with Crippen LogP contribution in [0.25, 0.3) is 0 Å². The minimum Gasteiger partial charge on any atom is -0.341 e. The Morgan fingerprint density at radius 2 is 2.13 bits per heavy atom. The Morgan fingerprint density at radius 1 is 1.39 bits per heavy atom. The standard InChI is InChI=1S/C14H25N5O3S/c1-11(2)12-7-18(8-13(12)17-23(3,21)22)14(20)5-4-6-19-10-15-9-16-19/h9-13,17H,4-8H2,1-3H3/t12-,13+/m0/s1. The normalized spacial score (nSPS) is 22.0. The van der Waals surface area contributed by atoms with E-state index in [0.717, 1.165) is 6.26 Å². The Kier molecular flexibility index (Phi) is 5.74. The average Bonchev–Trinajstić information content (AvgIpc) is 3.06. The summed E-state index contributed by atoms with van der Waals surface area (Å²) in [5, 5.41) is 4.00. The molecule has 8 nitrogen and oxygen atoms in total. The van der Waals surface area contributed by atoms with Crippen molar-refractivity contribution in [1.29, 1.82) is 0 Å². The van der Waals surface area contributed by atoms with E-state index < -0.39 is 10.0 Å². The summed E-state index contributed by atoms with van der Waals surface area (Å²) in [6, 6.07) is -0.204. The Balaban J connectivity index is 1.88. The number of aryl methyl sites for hydroxylation is 1. The monoisotopic (exact) mass is 343 g/mol. The fraction of sp³-hybridized carbons (Fsp3) is 0.786. The van der Waals surface area contributed by atoms with Crippen LogP contribution in [0.2, 0.25) is 0 Å². The van der Waals surface area contributed by atoms with Gasteiger partial charge in [0.2, 0.25) is 15.9 Å². The molecule has 2 rings (SSSR count). The summed E-state index contributed by atoms with van der Waals surface area (Å²) in [6.45, 7) is 5.81. The first-order valence-electron chi connectivity index (χ1n) is 7.84. The largest absolute Gasteiger partial charge is 0.341 e. The van der Waals surface area contributed by atoms with Crippen molar-refractivity contribution in [1.82, 2.24) is 24.4 Å². The molecule has 0 aliphatic carbocycles. The van der Waals surface area contributed by atoms with E-state index in [-0.39, 0.29) is 17.9 Å². The van der Waals surface area contributed by atoms with Crippen molar-refractivity contribution in [2.24, 2.45) is 11.8 Å². The molecule has 0 radical (unpaired) electrons. The van der Waals surface area contributed by atoms with Crippen LogP contribution in [0.5, 0.6) is 0 Å². The SMILES string of the molecule is CC(C)[C@@H]1CN(C(=O)CCCn2cncn2)C[C@H]1NS(C)(=O)=O. The number of sulfonamides is 1. The van der Waals surface area contributed by atoms with Crippen LogP contribution < -0.4 is 4.72 Å². The second kappa shape index (κ2) is 7.39. The van der Waals surface area contributed by atoms with Gasteiger partial charge >= 0.3 is 0 Å². The number of hydrogen-bond donors (Lipinski definition) is 1. The lowest BCUT2D eigenvalue weighted by atomic mass is 9.92. The van der Waals surface area contributed by atoms with Gasteiger partial charge in [-0.2, -0.15) is 5.10 Å². The summed E-state index contributed by atoms with van der Waals surface area (Å²) in [5.74, 6) is 0.514. The lowest BCUT2D eigenvalue weighted by Crippen LogP contribution is -2.41. The highest BCUT2D eigenvalue weighted by molar-refractivity contribution is 7.88. The molecule has 2 atom stereocenters. The lowest BCUT2D eigenvalue weighted by molar-refractivity contribution is -0.130. The van der Waals surface area contributed by atoms with Gasteiger partial charge in [-0.3, -0.25) is 9.48 Å². The van der Waals surface area contributed by atoms with Crippen LogP contribution in [0.3, 0.4) is 0 Å². The van der Waals surface area contributed by atoms with E-state index >= 15 is 0 Å². The molecule has 0 saturated carbocycles. The summed E-state index contributed by atoms with van der Waals surface area (Å²) < 4.78 is 27.4. The van der Waals surface area contributed by atoms with E-state index in [0.29, 0.717) is 38.4 Å². The maximum absolute atomic E-state index is 12.4. The number of hydrogen-bond acceptors (Lipinski definition) is 5. The summed E-state index contributed by atoms with van der Waals surface area (Å²) in [5.41, 5.74) is 0. The molecule has 9 heteroatoms. The molecule has 0 aromatic carbocycles. The van der Waals surface area contributed by atoms with Crippen molar-refractivity contribution < 1.29 is 13.2 Å². The Labute approximate surface area is 137 Å². The van der Waals surface area contributed by atoms with Gasteiger partial charge in [0, 0.05) is 32.1 Å². The van der Waals surface area contributed by atoms with E-state index in [1.165, 1.54) is 6.33 Å². The van der Waals surface area contributed by atoms with Crippen LogP contribution in [-0.4, -0.2) is 59.4 Å². The molecule has 1 aromatic rings. The molecule has 0 spiro atoms. The third kappa shape index (κ3) is 5.28. The smallest absolute Gasteiger partial charge is 0.222 e. The van der Waals surface area contributed by atoms with Crippen LogP contribution >= 0.6 is 0 Å². The van der Waals surface area contributed by atoms with Crippen LogP contribution in [0.1, 0.15) is 26.7 Å². The van der Waals surface area contributed by atoms with E-state index in [1.807, 2.05) is 0 Å². The minimum absolute atomic E-state index is 0.0635. The fourth-order valence-electron chi connectivity index (χ4n) is 3.01. The average molecular weight is 343 g/mol. The molecule has 0 unspecified atom stereocenters. The summed E-state index contributed by atoms with van der Waals surface area (Å²) >= 11 is 0. The molecule has 1 aliphatic rings. The van der Waals surface area contributed by atoms with E-state index in [1.54, 1.807) is 15.9 Å². The quantitative estimate of drug-likeness (QED) is 0.757. The van der Waals surface area contributed by atoms with Gasteiger partial charge in [-0.25, -0.2) is 18.1 Å². The van der Waals surface area contributed by atoms with Crippen molar-refractivity contribution >= 4 is 15.9 Å². The number of carbonyl (C=O) groups is 1. The zero-order chi connectivity index (χ0) is 17.0. The zero-order valence-corrected chi connectivity index (χ0v) is 14.7. The predicted molar refractivity (Wildman–Crippen MR) is 85.9 cm³/mol. The third-order valence-corrected chi connectivity index (χ3v) is 4.91. The molecular weight excluding hydrogens is 318 g/mol. The van der Waals surface area contributed by atoms with Crippen molar-refractivity contribution in [3.8, 4) is 0 Å². The summed E-state index contributed by atoms with van der Waals surface area (Å²) in [7, 11) is -3.28. The molecule has 130 valence electrons. The molecule has 1 fully saturated rings. The Hall–Kier alpha value is -1.48. The van der Waals surface area contributed by atoms with Gasteiger partial charge in [0.25, 0.3) is 0 Å². The first-order chi connectivity index (χ1) is 10.8. The molecule has 1 aromatic heterocycles. The third-order valence-electron chi connectivity index (χ3n) is 4.18. The zero-order valence-electron chi connectivity index (χ0n) is 13.8. The van der Waals surface area contributed by atoms with Crippen LogP contribution in [0.4, 0.5) is 0 Å². The molecule has 0 bridgehead atoms. The van der Waals surface area contributed by atoms with E-state index in [2.05, 4.69) is 28.7 Å². The highest BCUT2D eigenvalue weighted by Gasteiger charge is 2.37. The predicted octanol–water partition coefficient (Wildman–Crippen LogP) is 0.0905. The first kappa shape index (κ1) is 17.9. The fourth-order valence-corrected chi connectivity index (χ4v) is 3.81. The van der Waals surface area contributed by atoms with Gasteiger partial charge in [0.05, 0.1) is 6.26 Å². The van der Waals surface area contributed by atoms with Crippen molar-refractivity contribution in [2.75, 3.05) is 19.3 Å². The second-order valence-corrected chi connectivity index (χ2v) is 8.25. The topological polar surface area (TPSA) is 97.2 Å². The van der Waals surface area contributed by atoms with Gasteiger partial charge in [-0.1, -0.05) is 13.8 Å². The maximum atomic E-state index is 12.4. The van der Waals surface area contributed by atoms with Gasteiger partial charge in [0.15, 0.2) is 0 Å². The number of aromatic nitrogens is 3. The highest BCUT2D eigenvalue weighted by atomic mass is 32.2. The number of nitrogens with zero attached hydrogens (tertiary/aromatic N) is 4.